The minimum absolute atomic E-state index is 0.221. The van der Waals surface area contributed by atoms with Crippen LogP contribution in [0.1, 0.15) is 11.3 Å². The lowest BCUT2D eigenvalue weighted by Gasteiger charge is -2.02. The number of rotatable bonds is 6. The molecule has 1 aromatic carbocycles. The predicted octanol–water partition coefficient (Wildman–Crippen LogP) is 3.47. The van der Waals surface area contributed by atoms with Crippen molar-refractivity contribution < 1.29 is 4.79 Å². The van der Waals surface area contributed by atoms with Crippen molar-refractivity contribution in [3.05, 3.63) is 71.1 Å². The van der Waals surface area contributed by atoms with Crippen LogP contribution in [-0.4, -0.2) is 32.6 Å². The Morgan fingerprint density at radius 3 is 2.77 bits per heavy atom. The number of nitrogens with one attached hydrogen (secondary N) is 1. The fraction of sp³-hybridized carbons (Fsp3) is 0.111. The molecule has 2 aromatic heterocycles. The molecule has 0 saturated heterocycles. The van der Waals surface area contributed by atoms with Crippen molar-refractivity contribution in [1.82, 2.24) is 20.2 Å². The molecule has 2 heterocycles. The Hall–Kier alpha value is -2.64. The number of halogens is 1. The Labute approximate surface area is 160 Å². The zero-order valence-electron chi connectivity index (χ0n) is 14.0. The van der Waals surface area contributed by atoms with Crippen LogP contribution in [0.2, 0.25) is 5.15 Å². The summed E-state index contributed by atoms with van der Waals surface area (Å²) in [7, 11) is 0. The summed E-state index contributed by atoms with van der Waals surface area (Å²) in [4.78, 5) is 16.0. The van der Waals surface area contributed by atoms with Crippen LogP contribution in [0.5, 0.6) is 0 Å². The second kappa shape index (κ2) is 8.64. The molecule has 3 aromatic rings. The zero-order valence-corrected chi connectivity index (χ0v) is 15.5. The van der Waals surface area contributed by atoms with Crippen molar-refractivity contribution in [3.8, 4) is 5.69 Å². The van der Waals surface area contributed by atoms with Gasteiger partial charge in [0.2, 0.25) is 5.91 Å². The summed E-state index contributed by atoms with van der Waals surface area (Å²) in [5.41, 5.74) is 4.73. The van der Waals surface area contributed by atoms with Crippen molar-refractivity contribution in [1.29, 1.82) is 0 Å². The first-order valence-corrected chi connectivity index (χ1v) is 9.18. The number of benzene rings is 1. The molecule has 0 aliphatic heterocycles. The number of aromatic nitrogens is 3. The quantitative estimate of drug-likeness (QED) is 0.400. The SMILES string of the molecule is Cc1nn(-c2ccccc2)c(Cl)c1C=NNC(=O)CSc1ccccn1. The average molecular weight is 386 g/mol. The van der Waals surface area contributed by atoms with Gasteiger partial charge in [-0.15, -0.1) is 0 Å². The van der Waals surface area contributed by atoms with Crippen LogP contribution in [0, 0.1) is 6.92 Å². The normalized spacial score (nSPS) is 11.0. The number of hydrogen-bond acceptors (Lipinski definition) is 5. The van der Waals surface area contributed by atoms with Gasteiger partial charge in [0.1, 0.15) is 5.15 Å². The number of carbonyl (C=O) groups is 1. The van der Waals surface area contributed by atoms with E-state index in [1.165, 1.54) is 18.0 Å². The lowest BCUT2D eigenvalue weighted by molar-refractivity contribution is -0.118. The number of hydrazone groups is 1. The molecule has 0 bridgehead atoms. The zero-order chi connectivity index (χ0) is 18.4. The number of aryl methyl sites for hydroxylation is 1. The van der Waals surface area contributed by atoms with Gasteiger partial charge in [-0.05, 0) is 31.2 Å². The molecular formula is C18H16ClN5OS. The van der Waals surface area contributed by atoms with Gasteiger partial charge in [-0.25, -0.2) is 15.1 Å². The maximum Gasteiger partial charge on any atom is 0.250 e. The first-order chi connectivity index (χ1) is 12.6. The van der Waals surface area contributed by atoms with Gasteiger partial charge in [0, 0.05) is 6.20 Å². The summed E-state index contributed by atoms with van der Waals surface area (Å²) >= 11 is 7.75. The molecule has 0 unspecified atom stereocenters. The molecule has 0 saturated carbocycles. The smallest absolute Gasteiger partial charge is 0.250 e. The van der Waals surface area contributed by atoms with E-state index >= 15 is 0 Å². The van der Waals surface area contributed by atoms with Crippen LogP contribution >= 0.6 is 23.4 Å². The Morgan fingerprint density at radius 1 is 1.27 bits per heavy atom. The topological polar surface area (TPSA) is 72.2 Å². The lowest BCUT2D eigenvalue weighted by atomic mass is 10.3. The number of hydrogen-bond donors (Lipinski definition) is 1. The van der Waals surface area contributed by atoms with Crippen LogP contribution in [0.25, 0.3) is 5.69 Å². The van der Waals surface area contributed by atoms with Gasteiger partial charge in [0.05, 0.1) is 33.9 Å². The number of pyridine rings is 1. The summed E-state index contributed by atoms with van der Waals surface area (Å²) in [6.45, 7) is 1.84. The minimum atomic E-state index is -0.221. The van der Waals surface area contributed by atoms with Crippen LogP contribution in [0.15, 0.2) is 64.9 Å². The fourth-order valence-electron chi connectivity index (χ4n) is 2.17. The third-order valence-corrected chi connectivity index (χ3v) is 4.73. The standard InChI is InChI=1S/C18H16ClN5OS/c1-13-15(18(19)24(23-13)14-7-3-2-4-8-14)11-21-22-16(25)12-26-17-9-5-6-10-20-17/h2-11H,12H2,1H3,(H,22,25). The maximum absolute atomic E-state index is 11.9. The number of para-hydroxylation sites is 1. The lowest BCUT2D eigenvalue weighted by Crippen LogP contribution is -2.19. The highest BCUT2D eigenvalue weighted by atomic mass is 35.5. The van der Waals surface area contributed by atoms with E-state index < -0.39 is 0 Å². The van der Waals surface area contributed by atoms with E-state index in [0.717, 1.165) is 16.4 Å². The molecule has 0 fully saturated rings. The first kappa shape index (κ1) is 18.2. The third-order valence-electron chi connectivity index (χ3n) is 3.42. The number of amides is 1. The predicted molar refractivity (Wildman–Crippen MR) is 104 cm³/mol. The van der Waals surface area contributed by atoms with E-state index in [0.29, 0.717) is 10.7 Å². The van der Waals surface area contributed by atoms with E-state index in [1.807, 2.05) is 55.5 Å². The summed E-state index contributed by atoms with van der Waals surface area (Å²) in [5.74, 6) is 0.00536. The van der Waals surface area contributed by atoms with Crippen LogP contribution < -0.4 is 5.43 Å². The Bertz CT molecular complexity index is 912. The molecule has 0 radical (unpaired) electrons. The van der Waals surface area contributed by atoms with Gasteiger partial charge < -0.3 is 0 Å². The van der Waals surface area contributed by atoms with E-state index in [2.05, 4.69) is 20.6 Å². The molecule has 0 atom stereocenters. The molecule has 0 aliphatic rings. The fourth-order valence-corrected chi connectivity index (χ4v) is 3.15. The van der Waals surface area contributed by atoms with E-state index in [4.69, 9.17) is 11.6 Å². The van der Waals surface area contributed by atoms with Crippen LogP contribution in [-0.2, 0) is 4.79 Å². The molecule has 0 spiro atoms. The summed E-state index contributed by atoms with van der Waals surface area (Å²) in [6, 6.07) is 15.1. The molecule has 6 nitrogen and oxygen atoms in total. The number of thioether (sulfide) groups is 1. The summed E-state index contributed by atoms with van der Waals surface area (Å²) < 4.78 is 1.64. The molecule has 26 heavy (non-hydrogen) atoms. The number of nitrogens with zero attached hydrogens (tertiary/aromatic N) is 4. The van der Waals surface area contributed by atoms with E-state index in [1.54, 1.807) is 10.9 Å². The molecule has 1 amide bonds. The Kier molecular flexibility index (Phi) is 6.04. The van der Waals surface area contributed by atoms with E-state index in [-0.39, 0.29) is 11.7 Å². The summed E-state index contributed by atoms with van der Waals surface area (Å²) in [6.07, 6.45) is 3.20. The van der Waals surface area contributed by atoms with Crippen molar-refractivity contribution in [3.63, 3.8) is 0 Å². The molecule has 1 N–H and O–H groups in total. The van der Waals surface area contributed by atoms with Crippen LogP contribution in [0.3, 0.4) is 0 Å². The minimum Gasteiger partial charge on any atom is -0.272 e. The van der Waals surface area contributed by atoms with Gasteiger partial charge in [-0.1, -0.05) is 47.6 Å². The highest BCUT2D eigenvalue weighted by molar-refractivity contribution is 7.99. The van der Waals surface area contributed by atoms with Crippen molar-refractivity contribution in [2.75, 3.05) is 5.75 Å². The second-order valence-corrected chi connectivity index (χ2v) is 6.64. The molecule has 132 valence electrons. The van der Waals surface area contributed by atoms with Gasteiger partial charge in [0.25, 0.3) is 0 Å². The Balaban J connectivity index is 1.62. The molecular weight excluding hydrogens is 370 g/mol. The van der Waals surface area contributed by atoms with Gasteiger partial charge in [0.15, 0.2) is 0 Å². The second-order valence-electron chi connectivity index (χ2n) is 5.29. The Morgan fingerprint density at radius 2 is 2.04 bits per heavy atom. The van der Waals surface area contributed by atoms with Crippen LogP contribution in [0.4, 0.5) is 0 Å². The molecule has 0 aliphatic carbocycles. The average Bonchev–Trinajstić information content (AvgIpc) is 2.96. The summed E-state index contributed by atoms with van der Waals surface area (Å²) in [5, 5.41) is 9.64. The number of carbonyl (C=O) groups excluding carboxylic acids is 1. The monoisotopic (exact) mass is 385 g/mol. The van der Waals surface area contributed by atoms with E-state index in [9.17, 15) is 4.79 Å². The van der Waals surface area contributed by atoms with Gasteiger partial charge in [-0.2, -0.15) is 10.2 Å². The maximum atomic E-state index is 11.9. The highest BCUT2D eigenvalue weighted by Crippen LogP contribution is 2.21. The van der Waals surface area contributed by atoms with Crippen molar-refractivity contribution >= 4 is 35.5 Å². The first-order valence-electron chi connectivity index (χ1n) is 7.81. The molecule has 8 heteroatoms. The highest BCUT2D eigenvalue weighted by Gasteiger charge is 2.13. The van der Waals surface area contributed by atoms with Gasteiger partial charge in [-0.3, -0.25) is 4.79 Å². The van der Waals surface area contributed by atoms with Crippen molar-refractivity contribution in [2.24, 2.45) is 5.10 Å². The third kappa shape index (κ3) is 4.50. The van der Waals surface area contributed by atoms with Crippen molar-refractivity contribution in [2.45, 2.75) is 11.9 Å². The van der Waals surface area contributed by atoms with Gasteiger partial charge >= 0.3 is 0 Å². The largest absolute Gasteiger partial charge is 0.272 e. The molecule has 3 rings (SSSR count).